The summed E-state index contributed by atoms with van der Waals surface area (Å²) in [5, 5.41) is 3.84. The molecule has 0 saturated heterocycles. The van der Waals surface area contributed by atoms with Crippen LogP contribution in [0.5, 0.6) is 0 Å². The maximum absolute atomic E-state index is 13.4. The summed E-state index contributed by atoms with van der Waals surface area (Å²) in [7, 11) is -1.86. The van der Waals surface area contributed by atoms with Gasteiger partial charge in [-0.2, -0.15) is 18.3 Å². The molecule has 0 radical (unpaired) electrons. The van der Waals surface area contributed by atoms with Crippen LogP contribution in [0.25, 0.3) is 16.9 Å². The Kier molecular flexibility index (Phi) is 5.02. The fraction of sp³-hybridized carbons (Fsp3) is 0.263. The van der Waals surface area contributed by atoms with E-state index >= 15 is 0 Å². The monoisotopic (exact) mass is 409 g/mol. The van der Waals surface area contributed by atoms with Gasteiger partial charge in [-0.15, -0.1) is 5.54 Å². The van der Waals surface area contributed by atoms with Crippen LogP contribution in [-0.4, -0.2) is 22.7 Å². The van der Waals surface area contributed by atoms with Gasteiger partial charge in [-0.25, -0.2) is 18.3 Å². The summed E-state index contributed by atoms with van der Waals surface area (Å²) in [6, 6.07) is 6.11. The molecule has 3 rings (SSSR count). The lowest BCUT2D eigenvalue weighted by molar-refractivity contribution is -0.137. The Bertz CT molecular complexity index is 1080. The largest absolute Gasteiger partial charge is 0.416 e. The first-order valence-electron chi connectivity index (χ1n) is 8.34. The molecule has 28 heavy (non-hydrogen) atoms. The predicted molar refractivity (Wildman–Crippen MR) is 98.6 cm³/mol. The lowest BCUT2D eigenvalue weighted by atomic mass is 10.1. The maximum atomic E-state index is 13.4. The van der Waals surface area contributed by atoms with Crippen molar-refractivity contribution in [1.82, 2.24) is 14.6 Å². The summed E-state index contributed by atoms with van der Waals surface area (Å²) < 4.78 is 66.9. The van der Waals surface area contributed by atoms with Gasteiger partial charge in [0.15, 0.2) is 5.65 Å². The van der Waals surface area contributed by atoms with Crippen molar-refractivity contribution in [2.75, 3.05) is 0 Å². The van der Waals surface area contributed by atoms with E-state index in [1.165, 1.54) is 28.9 Å². The number of hydrogen-bond donors (Lipinski definition) is 0. The Morgan fingerprint density at radius 3 is 2.43 bits per heavy atom. The maximum Gasteiger partial charge on any atom is 0.416 e. The number of halogens is 5. The van der Waals surface area contributed by atoms with E-state index in [1.807, 2.05) is 19.6 Å². The van der Waals surface area contributed by atoms with Gasteiger partial charge in [0, 0.05) is 11.8 Å². The van der Waals surface area contributed by atoms with Crippen molar-refractivity contribution in [3.05, 3.63) is 53.3 Å². The molecular weight excluding hydrogens is 393 g/mol. The standard InChI is InChI=1S/C19H16F5N3Si/c1-28(2,3)10-8-14-16(17(20)21)26-27-9-7-15(25-18(14)27)12-5-4-6-13(11-12)19(22,23)24/h4-7,9,11,17H,1-3H3. The van der Waals surface area contributed by atoms with E-state index in [4.69, 9.17) is 0 Å². The number of alkyl halides is 5. The number of rotatable bonds is 2. The fourth-order valence-corrected chi connectivity index (χ4v) is 2.98. The number of fused-ring (bicyclic) bond motifs is 1. The minimum atomic E-state index is -4.49. The van der Waals surface area contributed by atoms with Gasteiger partial charge in [0.05, 0.1) is 16.8 Å². The zero-order valence-electron chi connectivity index (χ0n) is 15.3. The van der Waals surface area contributed by atoms with Crippen LogP contribution in [0, 0.1) is 11.5 Å². The Morgan fingerprint density at radius 1 is 1.11 bits per heavy atom. The smallest absolute Gasteiger partial charge is 0.227 e. The molecule has 0 saturated carbocycles. The lowest BCUT2D eigenvalue weighted by Crippen LogP contribution is -2.16. The lowest BCUT2D eigenvalue weighted by Gasteiger charge is -2.08. The van der Waals surface area contributed by atoms with Crippen LogP contribution in [0.1, 0.15) is 23.2 Å². The van der Waals surface area contributed by atoms with Crippen LogP contribution in [0.15, 0.2) is 36.5 Å². The van der Waals surface area contributed by atoms with Gasteiger partial charge in [-0.1, -0.05) is 37.7 Å². The minimum Gasteiger partial charge on any atom is -0.227 e. The number of benzene rings is 1. The van der Waals surface area contributed by atoms with E-state index in [1.54, 1.807) is 0 Å². The van der Waals surface area contributed by atoms with Crippen LogP contribution in [0.4, 0.5) is 22.0 Å². The highest BCUT2D eigenvalue weighted by molar-refractivity contribution is 6.83. The molecule has 0 bridgehead atoms. The van der Waals surface area contributed by atoms with E-state index in [2.05, 4.69) is 21.5 Å². The average Bonchev–Trinajstić information content (AvgIpc) is 2.97. The molecule has 0 fully saturated rings. The zero-order chi connectivity index (χ0) is 20.7. The van der Waals surface area contributed by atoms with Crippen LogP contribution >= 0.6 is 0 Å². The molecule has 2 aromatic heterocycles. The normalized spacial score (nSPS) is 12.3. The summed E-state index contributed by atoms with van der Waals surface area (Å²) in [6.07, 6.45) is -5.94. The Labute approximate surface area is 159 Å². The molecule has 1 aromatic carbocycles. The summed E-state index contributed by atoms with van der Waals surface area (Å²) in [4.78, 5) is 4.29. The van der Waals surface area contributed by atoms with E-state index in [-0.39, 0.29) is 22.5 Å². The topological polar surface area (TPSA) is 30.2 Å². The van der Waals surface area contributed by atoms with Gasteiger partial charge < -0.3 is 0 Å². The van der Waals surface area contributed by atoms with Crippen molar-refractivity contribution in [1.29, 1.82) is 0 Å². The summed E-state index contributed by atoms with van der Waals surface area (Å²) in [5.74, 6) is 2.78. The predicted octanol–water partition coefficient (Wildman–Crippen LogP) is 5.58. The van der Waals surface area contributed by atoms with E-state index in [0.717, 1.165) is 12.1 Å². The third-order valence-corrected chi connectivity index (χ3v) is 4.64. The first kappa shape index (κ1) is 20.0. The molecule has 0 unspecified atom stereocenters. The molecule has 0 aliphatic rings. The van der Waals surface area contributed by atoms with Crippen molar-refractivity contribution in [3.63, 3.8) is 0 Å². The molecule has 0 atom stereocenters. The zero-order valence-corrected chi connectivity index (χ0v) is 16.3. The third kappa shape index (κ3) is 4.22. The summed E-state index contributed by atoms with van der Waals surface area (Å²) >= 11 is 0. The van der Waals surface area contributed by atoms with Crippen molar-refractivity contribution in [2.45, 2.75) is 32.2 Å². The average molecular weight is 409 g/mol. The first-order valence-corrected chi connectivity index (χ1v) is 11.8. The van der Waals surface area contributed by atoms with Crippen molar-refractivity contribution >= 4 is 13.7 Å². The first-order chi connectivity index (χ1) is 13.0. The van der Waals surface area contributed by atoms with Crippen LogP contribution in [0.2, 0.25) is 19.6 Å². The number of nitrogens with zero attached hydrogens (tertiary/aromatic N) is 3. The third-order valence-electron chi connectivity index (χ3n) is 3.77. The fourth-order valence-electron chi connectivity index (χ4n) is 2.48. The molecule has 146 valence electrons. The Hall–Kier alpha value is -2.73. The van der Waals surface area contributed by atoms with Crippen molar-refractivity contribution in [3.8, 4) is 22.7 Å². The quantitative estimate of drug-likeness (QED) is 0.314. The SMILES string of the molecule is C[Si](C)(C)C#Cc1c(C(F)F)nn2ccc(-c3cccc(C(F)(F)F)c3)nc12. The van der Waals surface area contributed by atoms with Crippen molar-refractivity contribution in [2.24, 2.45) is 0 Å². The molecular formula is C19H16F5N3Si. The molecule has 3 aromatic rings. The van der Waals surface area contributed by atoms with Gasteiger partial charge in [-0.3, -0.25) is 0 Å². The molecule has 0 N–H and O–H groups in total. The Balaban J connectivity index is 2.19. The molecule has 0 aliphatic carbocycles. The van der Waals surface area contributed by atoms with Gasteiger partial charge >= 0.3 is 6.18 Å². The second-order valence-electron chi connectivity index (χ2n) is 7.22. The van der Waals surface area contributed by atoms with E-state index in [0.29, 0.717) is 0 Å². The van der Waals surface area contributed by atoms with Crippen LogP contribution in [-0.2, 0) is 6.18 Å². The number of aromatic nitrogens is 3. The second kappa shape index (κ2) is 7.02. The van der Waals surface area contributed by atoms with E-state index in [9.17, 15) is 22.0 Å². The van der Waals surface area contributed by atoms with Crippen LogP contribution in [0.3, 0.4) is 0 Å². The van der Waals surface area contributed by atoms with Gasteiger partial charge in [0.25, 0.3) is 6.43 Å². The van der Waals surface area contributed by atoms with Gasteiger partial charge in [0.1, 0.15) is 13.8 Å². The van der Waals surface area contributed by atoms with Crippen LogP contribution < -0.4 is 0 Å². The van der Waals surface area contributed by atoms with Crippen molar-refractivity contribution < 1.29 is 22.0 Å². The summed E-state index contributed by atoms with van der Waals surface area (Å²) in [6.45, 7) is 5.90. The molecule has 3 nitrogen and oxygen atoms in total. The Morgan fingerprint density at radius 2 is 1.82 bits per heavy atom. The second-order valence-corrected chi connectivity index (χ2v) is 12.0. The minimum absolute atomic E-state index is 0.00579. The van der Waals surface area contributed by atoms with Gasteiger partial charge in [0.2, 0.25) is 0 Å². The van der Waals surface area contributed by atoms with Gasteiger partial charge in [-0.05, 0) is 18.2 Å². The number of hydrogen-bond acceptors (Lipinski definition) is 2. The van der Waals surface area contributed by atoms with E-state index < -0.39 is 31.9 Å². The summed E-state index contributed by atoms with van der Waals surface area (Å²) in [5.41, 5.74) is 2.25. The molecule has 0 spiro atoms. The molecule has 0 amide bonds. The molecule has 9 heteroatoms. The highest BCUT2D eigenvalue weighted by atomic mass is 28.3. The highest BCUT2D eigenvalue weighted by Gasteiger charge is 2.30. The highest BCUT2D eigenvalue weighted by Crippen LogP contribution is 2.32. The molecule has 2 heterocycles. The molecule has 0 aliphatic heterocycles.